The Hall–Kier alpha value is -1.34. The van der Waals surface area contributed by atoms with E-state index in [9.17, 15) is 13.2 Å². The van der Waals surface area contributed by atoms with Crippen molar-refractivity contribution in [3.63, 3.8) is 0 Å². The number of allylic oxidation sites excluding steroid dienone is 1. The Morgan fingerprint density at radius 1 is 1.53 bits per heavy atom. The van der Waals surface area contributed by atoms with Crippen LogP contribution >= 0.6 is 0 Å². The summed E-state index contributed by atoms with van der Waals surface area (Å²) in [6, 6.07) is 0. The normalized spacial score (nSPS) is 20.6. The van der Waals surface area contributed by atoms with Gasteiger partial charge in [-0.1, -0.05) is 0 Å². The molecule has 1 amide bonds. The molecule has 2 N–H and O–H groups in total. The molecule has 6 nitrogen and oxygen atoms in total. The maximum absolute atomic E-state index is 11.7. The minimum atomic E-state index is -3.28. The number of carbonyl (C=O) groups is 1. The third-order valence-corrected chi connectivity index (χ3v) is 3.57. The number of sulfone groups is 1. The quantitative estimate of drug-likeness (QED) is 0.733. The Morgan fingerprint density at radius 3 is 2.53 bits per heavy atom. The van der Waals surface area contributed by atoms with Gasteiger partial charge in [-0.2, -0.15) is 0 Å². The van der Waals surface area contributed by atoms with E-state index in [1.807, 2.05) is 0 Å². The molecule has 0 unspecified atom stereocenters. The Morgan fingerprint density at radius 2 is 2.12 bits per heavy atom. The standard InChI is InChI=1S/C10H17N3O3S/c1-12(2)13-5-4-8(6-9(11)14)7-10(13)17(3,15)16/h4-5,7,10H,6H2,1-3H3,(H2,11,14)/t10-/m0/s1. The van der Waals surface area contributed by atoms with Gasteiger partial charge in [-0.05, 0) is 17.7 Å². The lowest BCUT2D eigenvalue weighted by molar-refractivity contribution is -0.117. The predicted octanol–water partition coefficient (Wildman–Crippen LogP) is -0.535. The first-order valence-electron chi connectivity index (χ1n) is 5.03. The highest BCUT2D eigenvalue weighted by Gasteiger charge is 2.28. The molecule has 0 radical (unpaired) electrons. The summed E-state index contributed by atoms with van der Waals surface area (Å²) in [5.41, 5.74) is 5.70. The Labute approximate surface area is 101 Å². The molecule has 1 rings (SSSR count). The molecule has 7 heteroatoms. The molecule has 0 aromatic heterocycles. The maximum Gasteiger partial charge on any atom is 0.221 e. The highest BCUT2D eigenvalue weighted by molar-refractivity contribution is 7.91. The number of nitrogens with two attached hydrogens (primary N) is 1. The maximum atomic E-state index is 11.7. The lowest BCUT2D eigenvalue weighted by Gasteiger charge is -2.35. The number of amides is 1. The van der Waals surface area contributed by atoms with E-state index in [2.05, 4.69) is 0 Å². The second kappa shape index (κ2) is 4.89. The number of carbonyl (C=O) groups excluding carboxylic acids is 1. The smallest absolute Gasteiger partial charge is 0.221 e. The molecular formula is C10H17N3O3S. The Kier molecular flexibility index (Phi) is 3.94. The molecule has 0 aliphatic carbocycles. The molecule has 0 saturated carbocycles. The first-order valence-corrected chi connectivity index (χ1v) is 6.99. The monoisotopic (exact) mass is 259 g/mol. The number of hydrogen-bond donors (Lipinski definition) is 1. The summed E-state index contributed by atoms with van der Waals surface area (Å²) in [6.45, 7) is 0. The van der Waals surface area contributed by atoms with E-state index in [0.29, 0.717) is 5.57 Å². The van der Waals surface area contributed by atoms with Gasteiger partial charge in [0.15, 0.2) is 15.2 Å². The molecular weight excluding hydrogens is 242 g/mol. The number of hydrogen-bond acceptors (Lipinski definition) is 5. The fourth-order valence-corrected chi connectivity index (χ4v) is 2.64. The van der Waals surface area contributed by atoms with E-state index in [4.69, 9.17) is 5.73 Å². The van der Waals surface area contributed by atoms with E-state index >= 15 is 0 Å². The zero-order chi connectivity index (χ0) is 13.2. The van der Waals surface area contributed by atoms with Crippen LogP contribution in [0.5, 0.6) is 0 Å². The third kappa shape index (κ3) is 3.57. The van der Waals surface area contributed by atoms with Crippen LogP contribution in [0, 0.1) is 0 Å². The van der Waals surface area contributed by atoms with Crippen LogP contribution < -0.4 is 5.73 Å². The molecule has 17 heavy (non-hydrogen) atoms. The minimum Gasteiger partial charge on any atom is -0.369 e. The lowest BCUT2D eigenvalue weighted by Crippen LogP contribution is -2.45. The van der Waals surface area contributed by atoms with E-state index in [0.717, 1.165) is 6.26 Å². The average Bonchev–Trinajstić information content (AvgIpc) is 2.14. The van der Waals surface area contributed by atoms with E-state index < -0.39 is 21.1 Å². The fourth-order valence-electron chi connectivity index (χ4n) is 1.57. The molecule has 1 heterocycles. The lowest BCUT2D eigenvalue weighted by atomic mass is 10.1. The molecule has 0 spiro atoms. The van der Waals surface area contributed by atoms with Gasteiger partial charge in [0.2, 0.25) is 5.91 Å². The van der Waals surface area contributed by atoms with Gasteiger partial charge < -0.3 is 5.73 Å². The van der Waals surface area contributed by atoms with E-state index in [1.54, 1.807) is 42.5 Å². The number of nitrogens with zero attached hydrogens (tertiary/aromatic N) is 2. The first kappa shape index (κ1) is 13.7. The van der Waals surface area contributed by atoms with Crippen LogP contribution in [0.15, 0.2) is 23.9 Å². The van der Waals surface area contributed by atoms with Crippen LogP contribution in [-0.4, -0.2) is 50.1 Å². The second-order valence-electron chi connectivity index (χ2n) is 4.15. The topological polar surface area (TPSA) is 83.7 Å². The summed E-state index contributed by atoms with van der Waals surface area (Å²) in [5.74, 6) is -0.480. The van der Waals surface area contributed by atoms with Gasteiger partial charge in [0.1, 0.15) is 0 Å². The van der Waals surface area contributed by atoms with Crippen LogP contribution in [0.1, 0.15) is 6.42 Å². The summed E-state index contributed by atoms with van der Waals surface area (Å²) in [6.07, 6.45) is 6.06. The molecule has 96 valence electrons. The van der Waals surface area contributed by atoms with E-state index in [1.165, 1.54) is 0 Å². The van der Waals surface area contributed by atoms with Crippen molar-refractivity contribution in [3.05, 3.63) is 23.9 Å². The Balaban J connectivity index is 3.05. The van der Waals surface area contributed by atoms with Gasteiger partial charge in [-0.25, -0.2) is 13.4 Å². The van der Waals surface area contributed by atoms with Gasteiger partial charge in [-0.15, -0.1) is 0 Å². The largest absolute Gasteiger partial charge is 0.369 e. The molecule has 0 bridgehead atoms. The van der Waals surface area contributed by atoms with Crippen LogP contribution in [0.2, 0.25) is 0 Å². The van der Waals surface area contributed by atoms with Crippen molar-refractivity contribution in [2.45, 2.75) is 11.8 Å². The summed E-state index contributed by atoms with van der Waals surface area (Å²) in [5, 5.41) is 2.44. The first-order chi connectivity index (χ1) is 7.71. The van der Waals surface area contributed by atoms with Crippen molar-refractivity contribution in [1.29, 1.82) is 0 Å². The molecule has 1 aliphatic heterocycles. The zero-order valence-electron chi connectivity index (χ0n) is 10.1. The molecule has 1 aliphatic rings. The van der Waals surface area contributed by atoms with Gasteiger partial charge in [0.05, 0.1) is 6.42 Å². The highest BCUT2D eigenvalue weighted by Crippen LogP contribution is 2.20. The van der Waals surface area contributed by atoms with Gasteiger partial charge in [0.25, 0.3) is 0 Å². The van der Waals surface area contributed by atoms with E-state index in [-0.39, 0.29) is 6.42 Å². The summed E-state index contributed by atoms with van der Waals surface area (Å²) < 4.78 is 23.3. The zero-order valence-corrected chi connectivity index (χ0v) is 10.9. The number of rotatable bonds is 4. The number of primary amides is 1. The number of hydrazine groups is 1. The van der Waals surface area contributed by atoms with Crippen LogP contribution in [0.25, 0.3) is 0 Å². The summed E-state index contributed by atoms with van der Waals surface area (Å²) in [7, 11) is 0.207. The van der Waals surface area contributed by atoms with Gasteiger partial charge in [0, 0.05) is 26.6 Å². The molecule has 0 aromatic carbocycles. The van der Waals surface area contributed by atoms with Crippen LogP contribution in [-0.2, 0) is 14.6 Å². The summed E-state index contributed by atoms with van der Waals surface area (Å²) >= 11 is 0. The van der Waals surface area contributed by atoms with Gasteiger partial charge >= 0.3 is 0 Å². The van der Waals surface area contributed by atoms with Gasteiger partial charge in [-0.3, -0.25) is 9.80 Å². The summed E-state index contributed by atoms with van der Waals surface area (Å²) in [4.78, 5) is 10.8. The second-order valence-corrected chi connectivity index (χ2v) is 6.29. The van der Waals surface area contributed by atoms with Crippen molar-refractivity contribution in [1.82, 2.24) is 10.0 Å². The van der Waals surface area contributed by atoms with Crippen LogP contribution in [0.4, 0.5) is 0 Å². The van der Waals surface area contributed by atoms with Crippen LogP contribution in [0.3, 0.4) is 0 Å². The minimum absolute atomic E-state index is 0.0454. The van der Waals surface area contributed by atoms with Crippen molar-refractivity contribution in [2.24, 2.45) is 5.73 Å². The molecule has 0 saturated heterocycles. The SMILES string of the molecule is CN(C)N1C=CC(CC(N)=O)=C[C@@H]1S(C)(=O)=O. The van der Waals surface area contributed by atoms with Crippen molar-refractivity contribution in [3.8, 4) is 0 Å². The molecule has 1 atom stereocenters. The molecule has 0 fully saturated rings. The molecule has 0 aromatic rings. The highest BCUT2D eigenvalue weighted by atomic mass is 32.2. The van der Waals surface area contributed by atoms with Crippen molar-refractivity contribution in [2.75, 3.05) is 20.4 Å². The average molecular weight is 259 g/mol. The van der Waals surface area contributed by atoms with Crippen molar-refractivity contribution < 1.29 is 13.2 Å². The Bertz CT molecular complexity index is 465. The van der Waals surface area contributed by atoms with Crippen molar-refractivity contribution >= 4 is 15.7 Å². The third-order valence-electron chi connectivity index (χ3n) is 2.34. The predicted molar refractivity (Wildman–Crippen MR) is 65.2 cm³/mol. The fraction of sp³-hybridized carbons (Fsp3) is 0.500.